The molecule has 0 saturated carbocycles. The fraction of sp³-hybridized carbons (Fsp3) is 0.250. The largest absolute Gasteiger partial charge is 0.235 e. The zero-order valence-corrected chi connectivity index (χ0v) is 5.76. The molecule has 3 heteroatoms. The van der Waals surface area contributed by atoms with Gasteiger partial charge in [0.2, 0.25) is 6.36 Å². The third-order valence-electron chi connectivity index (χ3n) is 1.34. The van der Waals surface area contributed by atoms with Crippen LogP contribution < -0.4 is 0 Å². The zero-order valence-electron chi connectivity index (χ0n) is 5.76. The number of benzene rings is 1. The van der Waals surface area contributed by atoms with Crippen molar-refractivity contribution >= 4 is 0 Å². The highest BCUT2D eigenvalue weighted by molar-refractivity contribution is 5.17. The van der Waals surface area contributed by atoms with Gasteiger partial charge in [0.1, 0.15) is 5.82 Å². The van der Waals surface area contributed by atoms with Crippen molar-refractivity contribution in [3.8, 4) is 0 Å². The third-order valence-corrected chi connectivity index (χ3v) is 1.34. The lowest BCUT2D eigenvalue weighted by molar-refractivity contribution is -0.0216. The van der Waals surface area contributed by atoms with Gasteiger partial charge in [-0.2, -0.15) is 5.11 Å². The summed E-state index contributed by atoms with van der Waals surface area (Å²) in [6.45, 7) is 0. The van der Waals surface area contributed by atoms with Crippen LogP contribution in [0.25, 0.3) is 0 Å². The summed E-state index contributed by atoms with van der Waals surface area (Å²) in [5.74, 6) is -0.522. The molecule has 0 saturated heterocycles. The first kappa shape index (κ1) is 8.14. The Morgan fingerprint density at radius 3 is 2.55 bits per heavy atom. The molecule has 0 spiro atoms. The quantitative estimate of drug-likeness (QED) is 0.626. The van der Waals surface area contributed by atoms with Crippen LogP contribution in [0, 0.1) is 5.82 Å². The molecule has 59 valence electrons. The Kier molecular flexibility index (Phi) is 2.54. The van der Waals surface area contributed by atoms with Crippen molar-refractivity contribution < 1.29 is 13.9 Å². The summed E-state index contributed by atoms with van der Waals surface area (Å²) < 4.78 is 24.5. The Labute approximate surface area is 63.3 Å². The molecule has 1 radical (unpaired) electrons. The lowest BCUT2D eigenvalue weighted by Crippen LogP contribution is -2.02. The molecule has 0 aliphatic heterocycles. The Morgan fingerprint density at radius 1 is 1.36 bits per heavy atom. The second kappa shape index (κ2) is 3.44. The Hall–Kier alpha value is -0.960. The van der Waals surface area contributed by atoms with Crippen molar-refractivity contribution in [2.45, 2.75) is 12.8 Å². The number of hydrogen-bond acceptors (Lipinski definition) is 0. The summed E-state index contributed by atoms with van der Waals surface area (Å²) in [5.41, 5.74) is 0.134. The summed E-state index contributed by atoms with van der Waals surface area (Å²) in [6, 6.07) is 5.68. The maximum absolute atomic E-state index is 12.6. The number of rotatable bonds is 2. The van der Waals surface area contributed by atoms with Crippen LogP contribution in [0.3, 0.4) is 0 Å². The van der Waals surface area contributed by atoms with E-state index in [4.69, 9.17) is 0 Å². The molecule has 11 heavy (non-hydrogen) atoms. The summed E-state index contributed by atoms with van der Waals surface area (Å²) in [7, 11) is 0. The molecule has 0 aliphatic rings. The summed E-state index contributed by atoms with van der Waals surface area (Å²) >= 11 is 0. The van der Waals surface area contributed by atoms with Crippen molar-refractivity contribution in [1.82, 2.24) is 0 Å². The normalized spacial score (nSPS) is 13.0. The predicted molar refractivity (Wildman–Crippen MR) is 35.7 cm³/mol. The molecule has 0 heterocycles. The van der Waals surface area contributed by atoms with E-state index >= 15 is 0 Å². The van der Waals surface area contributed by atoms with Crippen LogP contribution in [0.1, 0.15) is 5.56 Å². The van der Waals surface area contributed by atoms with Crippen molar-refractivity contribution in [3.63, 3.8) is 0 Å². The van der Waals surface area contributed by atoms with Crippen molar-refractivity contribution in [2.75, 3.05) is 0 Å². The molecular weight excluding hydrogens is 150 g/mol. The van der Waals surface area contributed by atoms with E-state index in [0.717, 1.165) is 0 Å². The van der Waals surface area contributed by atoms with E-state index in [1.54, 1.807) is 6.07 Å². The number of alkyl halides is 1. The van der Waals surface area contributed by atoms with Gasteiger partial charge >= 0.3 is 0 Å². The smallest absolute Gasteiger partial charge is 0.213 e. The summed E-state index contributed by atoms with van der Waals surface area (Å²) in [5, 5.41) is 10.0. The van der Waals surface area contributed by atoms with E-state index in [-0.39, 0.29) is 5.56 Å². The van der Waals surface area contributed by atoms with Crippen LogP contribution in [0.2, 0.25) is 0 Å². The van der Waals surface area contributed by atoms with Gasteiger partial charge in [-0.3, -0.25) is 0 Å². The molecule has 1 aromatic rings. The fourth-order valence-corrected chi connectivity index (χ4v) is 0.837. The molecule has 0 aliphatic carbocycles. The van der Waals surface area contributed by atoms with Crippen molar-refractivity contribution in [2.24, 2.45) is 0 Å². The minimum atomic E-state index is -2.23. The van der Waals surface area contributed by atoms with Crippen LogP contribution >= 0.6 is 0 Å². The first-order chi connectivity index (χ1) is 5.20. The molecule has 1 unspecified atom stereocenters. The van der Waals surface area contributed by atoms with Crippen LogP contribution in [0.15, 0.2) is 24.3 Å². The molecule has 0 aromatic heterocycles. The van der Waals surface area contributed by atoms with Crippen molar-refractivity contribution in [3.05, 3.63) is 35.6 Å². The first-order valence-corrected chi connectivity index (χ1v) is 3.23. The van der Waals surface area contributed by atoms with Gasteiger partial charge in [-0.25, -0.2) is 8.78 Å². The van der Waals surface area contributed by atoms with Gasteiger partial charge < -0.3 is 0 Å². The van der Waals surface area contributed by atoms with E-state index < -0.39 is 18.6 Å². The Bertz CT molecular complexity index is 235. The molecule has 0 fully saturated rings. The summed E-state index contributed by atoms with van der Waals surface area (Å²) in [6.07, 6.45) is -2.63. The molecule has 1 rings (SSSR count). The highest BCUT2D eigenvalue weighted by Crippen LogP contribution is 2.09. The first-order valence-electron chi connectivity index (χ1n) is 3.23. The van der Waals surface area contributed by atoms with E-state index in [9.17, 15) is 13.9 Å². The topological polar surface area (TPSA) is 19.9 Å². The lowest BCUT2D eigenvalue weighted by atomic mass is 10.1. The third kappa shape index (κ3) is 2.27. The maximum Gasteiger partial charge on any atom is 0.235 e. The second-order valence-electron chi connectivity index (χ2n) is 2.21. The van der Waals surface area contributed by atoms with Gasteiger partial charge in [-0.05, 0) is 11.6 Å². The van der Waals surface area contributed by atoms with E-state index in [2.05, 4.69) is 0 Å². The van der Waals surface area contributed by atoms with Gasteiger partial charge in [0.15, 0.2) is 0 Å². The maximum atomic E-state index is 12.6. The summed E-state index contributed by atoms with van der Waals surface area (Å²) in [4.78, 5) is 0. The van der Waals surface area contributed by atoms with E-state index in [1.165, 1.54) is 18.2 Å². The van der Waals surface area contributed by atoms with E-state index in [1.807, 2.05) is 0 Å². The SMILES string of the molecule is [O]C(F)Cc1ccccc1F. The Balaban J connectivity index is 2.78. The average Bonchev–Trinajstić information content (AvgIpc) is 1.93. The van der Waals surface area contributed by atoms with E-state index in [0.29, 0.717) is 0 Å². The van der Waals surface area contributed by atoms with Gasteiger partial charge in [-0.1, -0.05) is 18.2 Å². The highest BCUT2D eigenvalue weighted by atomic mass is 19.1. The van der Waals surface area contributed by atoms with Crippen molar-refractivity contribution in [1.29, 1.82) is 0 Å². The monoisotopic (exact) mass is 157 g/mol. The average molecular weight is 157 g/mol. The van der Waals surface area contributed by atoms with Gasteiger partial charge in [0.05, 0.1) is 0 Å². The predicted octanol–water partition coefficient (Wildman–Crippen LogP) is 2.09. The van der Waals surface area contributed by atoms with Gasteiger partial charge in [-0.15, -0.1) is 0 Å². The lowest BCUT2D eigenvalue weighted by Gasteiger charge is -2.00. The number of hydrogen-bond donors (Lipinski definition) is 0. The molecule has 1 aromatic carbocycles. The fourth-order valence-electron chi connectivity index (χ4n) is 0.837. The highest BCUT2D eigenvalue weighted by Gasteiger charge is 2.07. The van der Waals surface area contributed by atoms with Gasteiger partial charge in [0, 0.05) is 6.42 Å². The van der Waals surface area contributed by atoms with Crippen LogP contribution in [0.4, 0.5) is 8.78 Å². The minimum absolute atomic E-state index is 0.134. The second-order valence-corrected chi connectivity index (χ2v) is 2.21. The zero-order chi connectivity index (χ0) is 8.27. The van der Waals surface area contributed by atoms with Crippen LogP contribution in [-0.4, -0.2) is 6.36 Å². The molecule has 0 bridgehead atoms. The Morgan fingerprint density at radius 2 is 2.00 bits per heavy atom. The van der Waals surface area contributed by atoms with Crippen LogP contribution in [-0.2, 0) is 11.5 Å². The standard InChI is InChI=1S/C8H7F2O/c9-7-4-2-1-3-6(7)5-8(10)11/h1-4,8H,5H2. The number of halogens is 2. The van der Waals surface area contributed by atoms with Gasteiger partial charge in [0.25, 0.3) is 0 Å². The molecule has 0 N–H and O–H groups in total. The molecule has 0 amide bonds. The van der Waals surface area contributed by atoms with Crippen LogP contribution in [0.5, 0.6) is 0 Å². The molecule has 1 atom stereocenters. The molecule has 1 nitrogen and oxygen atoms in total. The molecular formula is C8H7F2O. The minimum Gasteiger partial charge on any atom is -0.213 e.